The number of thioether (sulfide) groups is 1. The monoisotopic (exact) mass is 407 g/mol. The van der Waals surface area contributed by atoms with Crippen LogP contribution < -0.4 is 9.47 Å². The molecule has 2 saturated heterocycles. The fraction of sp³-hybridized carbons (Fsp3) is 0.444. The SMILES string of the molecule is CCOc1cc(/C=N\N2C(=O)CSC2=S)ccc1OCC(=O)N1CCCC1. The van der Waals surface area contributed by atoms with Gasteiger partial charge in [0, 0.05) is 13.1 Å². The molecule has 0 saturated carbocycles. The quantitative estimate of drug-likeness (QED) is 0.510. The zero-order chi connectivity index (χ0) is 19.2. The van der Waals surface area contributed by atoms with Crippen LogP contribution in [0, 0.1) is 0 Å². The summed E-state index contributed by atoms with van der Waals surface area (Å²) in [5.74, 6) is 1.20. The Hall–Kier alpha value is -2.13. The second-order valence-electron chi connectivity index (χ2n) is 6.02. The summed E-state index contributed by atoms with van der Waals surface area (Å²) in [6.45, 7) is 3.92. The second kappa shape index (κ2) is 9.18. The van der Waals surface area contributed by atoms with E-state index in [1.807, 2.05) is 11.8 Å². The summed E-state index contributed by atoms with van der Waals surface area (Å²) in [6, 6.07) is 5.29. The van der Waals surface area contributed by atoms with Gasteiger partial charge in [-0.3, -0.25) is 9.59 Å². The molecule has 3 rings (SSSR count). The van der Waals surface area contributed by atoms with Crippen LogP contribution in [-0.2, 0) is 9.59 Å². The van der Waals surface area contributed by atoms with Crippen LogP contribution in [0.3, 0.4) is 0 Å². The number of rotatable bonds is 7. The molecule has 0 spiro atoms. The van der Waals surface area contributed by atoms with Crippen molar-refractivity contribution in [3.05, 3.63) is 23.8 Å². The van der Waals surface area contributed by atoms with E-state index in [2.05, 4.69) is 5.10 Å². The van der Waals surface area contributed by atoms with Crippen molar-refractivity contribution in [1.29, 1.82) is 0 Å². The first-order valence-electron chi connectivity index (χ1n) is 8.79. The van der Waals surface area contributed by atoms with Crippen molar-refractivity contribution in [3.63, 3.8) is 0 Å². The van der Waals surface area contributed by atoms with Crippen LogP contribution in [0.2, 0.25) is 0 Å². The predicted octanol–water partition coefficient (Wildman–Crippen LogP) is 2.28. The number of nitrogens with zero attached hydrogens (tertiary/aromatic N) is 3. The number of carbonyl (C=O) groups excluding carboxylic acids is 2. The van der Waals surface area contributed by atoms with Crippen LogP contribution in [0.4, 0.5) is 0 Å². The number of thiocarbonyl (C=S) groups is 1. The molecule has 7 nitrogen and oxygen atoms in total. The van der Waals surface area contributed by atoms with Gasteiger partial charge in [-0.1, -0.05) is 24.0 Å². The number of benzene rings is 1. The third kappa shape index (κ3) is 4.98. The number of hydrogen-bond donors (Lipinski definition) is 0. The fourth-order valence-corrected chi connectivity index (χ4v) is 3.74. The molecule has 0 unspecified atom stereocenters. The molecule has 0 atom stereocenters. The third-order valence-electron chi connectivity index (χ3n) is 4.13. The maximum atomic E-state index is 12.2. The van der Waals surface area contributed by atoms with Gasteiger partial charge in [-0.15, -0.1) is 0 Å². The third-order valence-corrected chi connectivity index (χ3v) is 5.47. The van der Waals surface area contributed by atoms with Gasteiger partial charge in [-0.2, -0.15) is 10.1 Å². The van der Waals surface area contributed by atoms with E-state index in [0.717, 1.165) is 31.5 Å². The van der Waals surface area contributed by atoms with E-state index in [4.69, 9.17) is 21.7 Å². The van der Waals surface area contributed by atoms with Crippen LogP contribution in [0.5, 0.6) is 11.5 Å². The van der Waals surface area contributed by atoms with E-state index >= 15 is 0 Å². The molecule has 1 aromatic carbocycles. The van der Waals surface area contributed by atoms with Crippen molar-refractivity contribution in [2.45, 2.75) is 19.8 Å². The zero-order valence-corrected chi connectivity index (χ0v) is 16.7. The van der Waals surface area contributed by atoms with Crippen LogP contribution in [0.15, 0.2) is 23.3 Å². The molecule has 27 heavy (non-hydrogen) atoms. The van der Waals surface area contributed by atoms with E-state index in [1.54, 1.807) is 24.4 Å². The van der Waals surface area contributed by atoms with Crippen molar-refractivity contribution >= 4 is 46.3 Å². The molecule has 0 N–H and O–H groups in total. The van der Waals surface area contributed by atoms with Crippen molar-refractivity contribution in [1.82, 2.24) is 9.91 Å². The number of amides is 2. The number of likely N-dealkylation sites (tertiary alicyclic amines) is 1. The second-order valence-corrected chi connectivity index (χ2v) is 7.63. The summed E-state index contributed by atoms with van der Waals surface area (Å²) >= 11 is 6.39. The Morgan fingerprint density at radius 3 is 2.74 bits per heavy atom. The van der Waals surface area contributed by atoms with Gasteiger partial charge < -0.3 is 14.4 Å². The van der Waals surface area contributed by atoms with E-state index in [-0.39, 0.29) is 18.4 Å². The Labute approximate surface area is 167 Å². The molecule has 2 fully saturated rings. The Morgan fingerprint density at radius 2 is 2.07 bits per heavy atom. The van der Waals surface area contributed by atoms with E-state index in [9.17, 15) is 9.59 Å². The molecule has 0 aromatic heterocycles. The van der Waals surface area contributed by atoms with Gasteiger partial charge in [-0.05, 0) is 43.5 Å². The Balaban J connectivity index is 1.67. The lowest BCUT2D eigenvalue weighted by molar-refractivity contribution is -0.132. The maximum absolute atomic E-state index is 12.2. The van der Waals surface area contributed by atoms with Crippen molar-refractivity contribution in [2.24, 2.45) is 5.10 Å². The molecular weight excluding hydrogens is 386 g/mol. The first-order valence-corrected chi connectivity index (χ1v) is 10.2. The summed E-state index contributed by atoms with van der Waals surface area (Å²) in [7, 11) is 0. The highest BCUT2D eigenvalue weighted by Crippen LogP contribution is 2.28. The van der Waals surface area contributed by atoms with Crippen molar-refractivity contribution < 1.29 is 19.1 Å². The number of ether oxygens (including phenoxy) is 2. The normalized spacial score (nSPS) is 17.2. The van der Waals surface area contributed by atoms with Gasteiger partial charge in [0.05, 0.1) is 18.6 Å². The van der Waals surface area contributed by atoms with Crippen molar-refractivity contribution in [3.8, 4) is 11.5 Å². The lowest BCUT2D eigenvalue weighted by Gasteiger charge is -2.17. The molecule has 0 radical (unpaired) electrons. The zero-order valence-electron chi connectivity index (χ0n) is 15.1. The van der Waals surface area contributed by atoms with Crippen molar-refractivity contribution in [2.75, 3.05) is 32.1 Å². The standard InChI is InChI=1S/C18H21N3O4S2/c1-2-24-15-9-13(10-19-21-17(23)12-27-18(21)26)5-6-14(15)25-11-16(22)20-7-3-4-8-20/h5-6,9-10H,2-4,7-8,11-12H2,1H3/b19-10-. The lowest BCUT2D eigenvalue weighted by Crippen LogP contribution is -2.32. The molecule has 2 aliphatic heterocycles. The summed E-state index contributed by atoms with van der Waals surface area (Å²) in [5, 5.41) is 5.37. The van der Waals surface area contributed by atoms with Gasteiger partial charge in [0.25, 0.3) is 11.8 Å². The van der Waals surface area contributed by atoms with Gasteiger partial charge in [0.2, 0.25) is 0 Å². The van der Waals surface area contributed by atoms with E-state index < -0.39 is 0 Å². The van der Waals surface area contributed by atoms with Gasteiger partial charge >= 0.3 is 0 Å². The minimum atomic E-state index is -0.133. The molecule has 2 heterocycles. The van der Waals surface area contributed by atoms with Crippen LogP contribution in [0.25, 0.3) is 0 Å². The summed E-state index contributed by atoms with van der Waals surface area (Å²) in [5.41, 5.74) is 0.740. The topological polar surface area (TPSA) is 71.4 Å². The van der Waals surface area contributed by atoms with Crippen LogP contribution >= 0.6 is 24.0 Å². The largest absolute Gasteiger partial charge is 0.490 e. The number of carbonyl (C=O) groups is 2. The van der Waals surface area contributed by atoms with E-state index in [0.29, 0.717) is 28.2 Å². The predicted molar refractivity (Wildman–Crippen MR) is 108 cm³/mol. The Kier molecular flexibility index (Phi) is 6.68. The molecule has 0 aliphatic carbocycles. The highest BCUT2D eigenvalue weighted by Gasteiger charge is 2.26. The fourth-order valence-electron chi connectivity index (χ4n) is 2.77. The smallest absolute Gasteiger partial charge is 0.260 e. The molecule has 0 bridgehead atoms. The molecule has 9 heteroatoms. The molecule has 144 valence electrons. The maximum Gasteiger partial charge on any atom is 0.260 e. The highest BCUT2D eigenvalue weighted by atomic mass is 32.2. The van der Waals surface area contributed by atoms with Gasteiger partial charge in [-0.25, -0.2) is 0 Å². The first kappa shape index (κ1) is 19.6. The first-order chi connectivity index (χ1) is 13.1. The van der Waals surface area contributed by atoms with E-state index in [1.165, 1.54) is 16.8 Å². The number of hydrogen-bond acceptors (Lipinski definition) is 7. The highest BCUT2D eigenvalue weighted by molar-refractivity contribution is 8.23. The summed E-state index contributed by atoms with van der Waals surface area (Å²) in [6.07, 6.45) is 3.65. The Morgan fingerprint density at radius 1 is 1.30 bits per heavy atom. The Bertz CT molecular complexity index is 747. The van der Waals surface area contributed by atoms with Crippen LogP contribution in [0.1, 0.15) is 25.3 Å². The number of hydrazone groups is 1. The van der Waals surface area contributed by atoms with Gasteiger partial charge in [0.1, 0.15) is 0 Å². The summed E-state index contributed by atoms with van der Waals surface area (Å²) in [4.78, 5) is 25.7. The van der Waals surface area contributed by atoms with Gasteiger partial charge in [0.15, 0.2) is 22.4 Å². The summed E-state index contributed by atoms with van der Waals surface area (Å²) < 4.78 is 11.8. The molecule has 1 aromatic rings. The molecular formula is C18H21N3O4S2. The minimum absolute atomic E-state index is 0.0126. The average Bonchev–Trinajstić information content (AvgIpc) is 3.30. The van der Waals surface area contributed by atoms with Crippen LogP contribution in [-0.4, -0.2) is 64.3 Å². The minimum Gasteiger partial charge on any atom is -0.490 e. The molecule has 2 aliphatic rings. The lowest BCUT2D eigenvalue weighted by atomic mass is 10.2. The molecule has 2 amide bonds. The average molecular weight is 408 g/mol.